The number of methoxy groups -OCH3 is 1. The number of cyclic esters (lactones) is 1. The zero-order chi connectivity index (χ0) is 17.1. The van der Waals surface area contributed by atoms with Gasteiger partial charge in [-0.15, -0.1) is 0 Å². The summed E-state index contributed by atoms with van der Waals surface area (Å²) in [6.45, 7) is 4.19. The van der Waals surface area contributed by atoms with Crippen LogP contribution in [-0.2, 0) is 9.53 Å². The van der Waals surface area contributed by atoms with Crippen molar-refractivity contribution < 1.29 is 14.3 Å². The van der Waals surface area contributed by atoms with Crippen molar-refractivity contribution in [2.45, 2.75) is 19.8 Å². The molecule has 0 fully saturated rings. The number of esters is 1. The fourth-order valence-corrected chi connectivity index (χ4v) is 2.48. The minimum absolute atomic E-state index is 0.279. The summed E-state index contributed by atoms with van der Waals surface area (Å²) < 4.78 is 10.6. The van der Waals surface area contributed by atoms with Crippen LogP contribution in [0.25, 0.3) is 6.08 Å². The Morgan fingerprint density at radius 1 is 1.17 bits per heavy atom. The van der Waals surface area contributed by atoms with Gasteiger partial charge in [0.25, 0.3) is 0 Å². The minimum Gasteiger partial charge on any atom is -0.496 e. The van der Waals surface area contributed by atoms with Gasteiger partial charge in [0.05, 0.1) is 7.11 Å². The number of rotatable bonds is 4. The Labute approximate surface area is 140 Å². The monoisotopic (exact) mass is 322 g/mol. The molecule has 0 amide bonds. The summed E-state index contributed by atoms with van der Waals surface area (Å²) in [6, 6.07) is 9.29. The average Bonchev–Trinajstić information content (AvgIpc) is 2.96. The summed E-state index contributed by atoms with van der Waals surface area (Å²) in [6.07, 6.45) is 4.99. The van der Waals surface area contributed by atoms with E-state index in [1.807, 2.05) is 18.2 Å². The van der Waals surface area contributed by atoms with E-state index in [1.54, 1.807) is 37.7 Å². The third-order valence-corrected chi connectivity index (χ3v) is 3.73. The molecule has 122 valence electrons. The van der Waals surface area contributed by atoms with Gasteiger partial charge in [0.1, 0.15) is 5.75 Å². The van der Waals surface area contributed by atoms with E-state index in [2.05, 4.69) is 23.8 Å². The predicted molar refractivity (Wildman–Crippen MR) is 91.9 cm³/mol. The summed E-state index contributed by atoms with van der Waals surface area (Å²) in [4.78, 5) is 20.3. The van der Waals surface area contributed by atoms with Crippen LogP contribution in [0.15, 0.2) is 53.4 Å². The van der Waals surface area contributed by atoms with Gasteiger partial charge in [0, 0.05) is 18.0 Å². The van der Waals surface area contributed by atoms with Crippen LogP contribution in [0.1, 0.15) is 36.5 Å². The molecule has 0 radical (unpaired) electrons. The van der Waals surface area contributed by atoms with Gasteiger partial charge in [-0.25, -0.2) is 9.79 Å². The van der Waals surface area contributed by atoms with Crippen molar-refractivity contribution in [3.63, 3.8) is 0 Å². The van der Waals surface area contributed by atoms with E-state index in [0.717, 1.165) is 22.4 Å². The molecule has 5 nitrogen and oxygen atoms in total. The predicted octanol–water partition coefficient (Wildman–Crippen LogP) is 3.56. The van der Waals surface area contributed by atoms with Gasteiger partial charge in [0.2, 0.25) is 5.90 Å². The lowest BCUT2D eigenvalue weighted by atomic mass is 9.99. The van der Waals surface area contributed by atoms with Gasteiger partial charge in [-0.05, 0) is 47.4 Å². The first kappa shape index (κ1) is 15.9. The van der Waals surface area contributed by atoms with Gasteiger partial charge >= 0.3 is 5.97 Å². The molecule has 0 saturated heterocycles. The Morgan fingerprint density at radius 2 is 1.92 bits per heavy atom. The van der Waals surface area contributed by atoms with Crippen molar-refractivity contribution in [3.8, 4) is 5.75 Å². The zero-order valence-corrected chi connectivity index (χ0v) is 13.8. The van der Waals surface area contributed by atoms with E-state index >= 15 is 0 Å². The fraction of sp³-hybridized carbons (Fsp3) is 0.211. The average molecular weight is 322 g/mol. The molecule has 0 spiro atoms. The molecule has 1 aromatic carbocycles. The molecule has 5 heteroatoms. The number of hydrogen-bond acceptors (Lipinski definition) is 5. The lowest BCUT2D eigenvalue weighted by molar-refractivity contribution is -0.129. The van der Waals surface area contributed by atoms with Gasteiger partial charge in [-0.3, -0.25) is 4.98 Å². The Hall–Kier alpha value is -2.95. The van der Waals surface area contributed by atoms with Crippen LogP contribution in [0.5, 0.6) is 5.75 Å². The molecule has 0 atom stereocenters. The van der Waals surface area contributed by atoms with Crippen molar-refractivity contribution in [1.29, 1.82) is 0 Å². The molecule has 1 aliphatic rings. The van der Waals surface area contributed by atoms with E-state index in [9.17, 15) is 4.79 Å². The molecule has 1 aliphatic heterocycles. The van der Waals surface area contributed by atoms with Crippen molar-refractivity contribution >= 4 is 17.9 Å². The summed E-state index contributed by atoms with van der Waals surface area (Å²) in [5.41, 5.74) is 2.96. The van der Waals surface area contributed by atoms with Gasteiger partial charge in [-0.1, -0.05) is 19.9 Å². The van der Waals surface area contributed by atoms with Crippen LogP contribution in [0.3, 0.4) is 0 Å². The van der Waals surface area contributed by atoms with E-state index in [-0.39, 0.29) is 5.70 Å². The Bertz CT molecular complexity index is 824. The number of ether oxygens (including phenoxy) is 2. The van der Waals surface area contributed by atoms with Gasteiger partial charge in [0.15, 0.2) is 5.70 Å². The van der Waals surface area contributed by atoms with E-state index in [4.69, 9.17) is 9.47 Å². The van der Waals surface area contributed by atoms with Crippen LogP contribution >= 0.6 is 0 Å². The summed E-state index contributed by atoms with van der Waals surface area (Å²) in [5.74, 6) is 0.988. The second kappa shape index (κ2) is 6.66. The smallest absolute Gasteiger partial charge is 0.363 e. The quantitative estimate of drug-likeness (QED) is 0.638. The van der Waals surface area contributed by atoms with E-state index < -0.39 is 5.97 Å². The largest absolute Gasteiger partial charge is 0.496 e. The molecule has 0 aliphatic carbocycles. The summed E-state index contributed by atoms with van der Waals surface area (Å²) >= 11 is 0. The van der Waals surface area contributed by atoms with Crippen LogP contribution in [0.2, 0.25) is 0 Å². The third kappa shape index (κ3) is 3.20. The number of benzene rings is 1. The SMILES string of the molecule is COc1ccc(/C=C2/N=C(c3ccncc3)OC2=O)cc1C(C)C. The highest BCUT2D eigenvalue weighted by atomic mass is 16.6. The van der Waals surface area contributed by atoms with Crippen LogP contribution in [-0.4, -0.2) is 24.0 Å². The molecule has 2 aromatic rings. The molecule has 0 unspecified atom stereocenters. The standard InChI is InChI=1S/C19H18N2O3/c1-12(2)15-10-13(4-5-17(15)23-3)11-16-19(22)24-18(21-16)14-6-8-20-9-7-14/h4-12H,1-3H3/b16-11+. The number of aromatic nitrogens is 1. The number of carbonyl (C=O) groups is 1. The van der Waals surface area contributed by atoms with Crippen molar-refractivity contribution in [2.24, 2.45) is 4.99 Å². The maximum atomic E-state index is 12.1. The Morgan fingerprint density at radius 3 is 2.58 bits per heavy atom. The highest BCUT2D eigenvalue weighted by molar-refractivity contribution is 6.12. The van der Waals surface area contributed by atoms with Gasteiger partial charge < -0.3 is 9.47 Å². The fourth-order valence-electron chi connectivity index (χ4n) is 2.48. The summed E-state index contributed by atoms with van der Waals surface area (Å²) in [5, 5.41) is 0. The zero-order valence-electron chi connectivity index (χ0n) is 13.8. The van der Waals surface area contributed by atoms with E-state index in [0.29, 0.717) is 11.8 Å². The number of hydrogen-bond donors (Lipinski definition) is 0. The topological polar surface area (TPSA) is 60.8 Å². The number of nitrogens with zero attached hydrogens (tertiary/aromatic N) is 2. The molecular weight excluding hydrogens is 304 g/mol. The van der Waals surface area contributed by atoms with Gasteiger partial charge in [-0.2, -0.15) is 0 Å². The second-order valence-electron chi connectivity index (χ2n) is 5.73. The van der Waals surface area contributed by atoms with E-state index in [1.165, 1.54) is 0 Å². The molecule has 0 bridgehead atoms. The van der Waals surface area contributed by atoms with Crippen molar-refractivity contribution in [3.05, 3.63) is 65.1 Å². The van der Waals surface area contributed by atoms with Crippen molar-refractivity contribution in [1.82, 2.24) is 4.98 Å². The highest BCUT2D eigenvalue weighted by Crippen LogP contribution is 2.28. The first-order chi connectivity index (χ1) is 11.6. The summed E-state index contributed by atoms with van der Waals surface area (Å²) in [7, 11) is 1.65. The molecule has 24 heavy (non-hydrogen) atoms. The third-order valence-electron chi connectivity index (χ3n) is 3.73. The molecule has 2 heterocycles. The maximum absolute atomic E-state index is 12.1. The molecule has 3 rings (SSSR count). The molecule has 0 saturated carbocycles. The molecule has 1 aromatic heterocycles. The lowest BCUT2D eigenvalue weighted by Gasteiger charge is -2.12. The first-order valence-electron chi connectivity index (χ1n) is 7.69. The molecular formula is C19H18N2O3. The number of aliphatic imine (C=N–C) groups is 1. The van der Waals surface area contributed by atoms with Crippen LogP contribution < -0.4 is 4.74 Å². The van der Waals surface area contributed by atoms with Crippen LogP contribution in [0, 0.1) is 0 Å². The first-order valence-corrected chi connectivity index (χ1v) is 7.69. The highest BCUT2D eigenvalue weighted by Gasteiger charge is 2.24. The molecule has 0 N–H and O–H groups in total. The minimum atomic E-state index is -0.455. The van der Waals surface area contributed by atoms with Crippen molar-refractivity contribution in [2.75, 3.05) is 7.11 Å². The maximum Gasteiger partial charge on any atom is 0.363 e. The normalized spacial score (nSPS) is 15.6. The Balaban J connectivity index is 1.95. The number of carbonyl (C=O) groups excluding carboxylic acids is 1. The lowest BCUT2D eigenvalue weighted by Crippen LogP contribution is -2.05. The second-order valence-corrected chi connectivity index (χ2v) is 5.73. The Kier molecular flexibility index (Phi) is 4.42. The number of pyridine rings is 1. The van der Waals surface area contributed by atoms with Crippen LogP contribution in [0.4, 0.5) is 0 Å².